The van der Waals surface area contributed by atoms with Crippen LogP contribution in [0.4, 0.5) is 8.78 Å². The number of ether oxygens (including phenoxy) is 1. The van der Waals surface area contributed by atoms with E-state index in [9.17, 15) is 33.4 Å². The number of carboxylic acid groups (broad SMARTS) is 1. The summed E-state index contributed by atoms with van der Waals surface area (Å²) in [6, 6.07) is 2.55. The third-order valence-corrected chi connectivity index (χ3v) is 10.5. The fourth-order valence-corrected chi connectivity index (χ4v) is 7.65. The van der Waals surface area contributed by atoms with E-state index in [1.807, 2.05) is 0 Å². The van der Waals surface area contributed by atoms with Crippen LogP contribution >= 0.6 is 11.6 Å². The molecule has 11 nitrogen and oxygen atoms in total. The molecule has 2 N–H and O–H groups in total. The summed E-state index contributed by atoms with van der Waals surface area (Å²) < 4.78 is 34.5. The van der Waals surface area contributed by atoms with Crippen LogP contribution in [0.15, 0.2) is 12.1 Å². The van der Waals surface area contributed by atoms with Crippen molar-refractivity contribution in [2.24, 2.45) is 23.8 Å². The molecule has 0 bridgehead atoms. The molecule has 2 aliphatic heterocycles. The normalized spacial score (nSPS) is 27.6. The minimum absolute atomic E-state index is 0.0104. The first-order valence-corrected chi connectivity index (χ1v) is 15.3. The zero-order valence-electron chi connectivity index (χ0n) is 24.6. The number of aliphatic hydroxyl groups excluding tert-OH is 1. The molecular weight excluding hydrogens is 600 g/mol. The summed E-state index contributed by atoms with van der Waals surface area (Å²) in [6.07, 6.45) is -0.477. The topological polar surface area (TPSA) is 138 Å². The lowest BCUT2D eigenvalue weighted by Crippen LogP contribution is -2.54. The molecule has 4 aliphatic rings. The summed E-state index contributed by atoms with van der Waals surface area (Å²) in [5.74, 6) is -2.12. The summed E-state index contributed by atoms with van der Waals surface area (Å²) in [5, 5.41) is 28.5. The van der Waals surface area contributed by atoms with E-state index in [-0.39, 0.29) is 61.2 Å². The number of halogens is 3. The van der Waals surface area contributed by atoms with Crippen molar-refractivity contribution in [2.45, 2.75) is 77.0 Å². The molecule has 1 aromatic heterocycles. The number of hydrogen-bond acceptors (Lipinski definition) is 7. The predicted octanol–water partition coefficient (Wildman–Crippen LogP) is 3.68. The Labute approximate surface area is 258 Å². The first-order valence-electron chi connectivity index (χ1n) is 14.9. The third-order valence-electron chi connectivity index (χ3n) is 10.1. The van der Waals surface area contributed by atoms with Crippen LogP contribution in [-0.4, -0.2) is 78.5 Å². The average Bonchev–Trinajstić information content (AvgIpc) is 3.49. The van der Waals surface area contributed by atoms with Crippen LogP contribution in [0.5, 0.6) is 5.75 Å². The van der Waals surface area contributed by atoms with Gasteiger partial charge in [0.05, 0.1) is 23.5 Å². The van der Waals surface area contributed by atoms with Crippen LogP contribution in [0.25, 0.3) is 0 Å². The SMILES string of the molecule is Cn1nnc(COc2ccc(Cl)c3c2[C@@H](CN2CC4(CC4)CC2=O)N(C(=O)[C@@H]2CC[C@H](O)C[C@]2(C)C(=O)O)CC3)c1C(F)F. The van der Waals surface area contributed by atoms with Gasteiger partial charge in [-0.1, -0.05) is 16.8 Å². The number of hydrogen-bond donors (Lipinski definition) is 2. The summed E-state index contributed by atoms with van der Waals surface area (Å²) in [4.78, 5) is 43.4. The highest BCUT2D eigenvalue weighted by Gasteiger charge is 2.54. The van der Waals surface area contributed by atoms with Crippen molar-refractivity contribution in [3.05, 3.63) is 39.7 Å². The number of carbonyl (C=O) groups excluding carboxylic acids is 2. The Hall–Kier alpha value is -3.32. The first kappa shape index (κ1) is 30.7. The molecular formula is C30H36ClF2N5O6. The molecule has 6 rings (SSSR count). The number of likely N-dealkylation sites (tertiary alicyclic amines) is 1. The number of fused-ring (bicyclic) bond motifs is 1. The van der Waals surface area contributed by atoms with E-state index < -0.39 is 35.9 Å². The van der Waals surface area contributed by atoms with Crippen LogP contribution in [0.3, 0.4) is 0 Å². The second-order valence-corrected chi connectivity index (χ2v) is 13.4. The van der Waals surface area contributed by atoms with Gasteiger partial charge in [0, 0.05) is 43.7 Å². The zero-order chi connectivity index (χ0) is 31.6. The van der Waals surface area contributed by atoms with E-state index in [0.29, 0.717) is 42.1 Å². The Morgan fingerprint density at radius 1 is 1.25 bits per heavy atom. The van der Waals surface area contributed by atoms with Gasteiger partial charge in [-0.3, -0.25) is 14.4 Å². The number of aliphatic carboxylic acids is 1. The number of benzene rings is 1. The van der Waals surface area contributed by atoms with E-state index in [0.717, 1.165) is 23.1 Å². The Kier molecular flexibility index (Phi) is 7.84. The predicted molar refractivity (Wildman–Crippen MR) is 152 cm³/mol. The average molecular weight is 636 g/mol. The maximum atomic E-state index is 14.4. The van der Waals surface area contributed by atoms with Gasteiger partial charge >= 0.3 is 5.97 Å². The molecule has 1 aromatic carbocycles. The molecule has 0 unspecified atom stereocenters. The first-order chi connectivity index (χ1) is 20.8. The van der Waals surface area contributed by atoms with Gasteiger partial charge in [0.15, 0.2) is 0 Å². The second-order valence-electron chi connectivity index (χ2n) is 13.0. The third kappa shape index (κ3) is 5.31. The number of aryl methyl sites for hydroxylation is 1. The lowest BCUT2D eigenvalue weighted by Gasteiger charge is -2.46. The fourth-order valence-electron chi connectivity index (χ4n) is 7.40. The maximum absolute atomic E-state index is 14.4. The molecule has 3 heterocycles. The number of aliphatic hydroxyl groups is 1. The highest BCUT2D eigenvalue weighted by atomic mass is 35.5. The standard InChI is InChI=1S/C30H36ClF2N5O6/c1-29(28(42)43)11-16(39)3-4-18(29)27(41)38-10-7-17-19(31)5-6-22(44-14-20-25(26(32)33)36(2)35-34-20)24(17)21(38)13-37-15-30(8-9-30)12-23(37)40/h5-6,16,18,21,26,39H,3-4,7-15H2,1-2H3,(H,42,43)/t16-,18-,21+,29-/m0/s1. The van der Waals surface area contributed by atoms with Gasteiger partial charge in [0.25, 0.3) is 6.43 Å². The highest BCUT2D eigenvalue weighted by Crippen LogP contribution is 2.54. The van der Waals surface area contributed by atoms with E-state index in [4.69, 9.17) is 16.3 Å². The van der Waals surface area contributed by atoms with Crippen molar-refractivity contribution in [1.82, 2.24) is 24.8 Å². The summed E-state index contributed by atoms with van der Waals surface area (Å²) in [7, 11) is 1.37. The number of nitrogens with zero attached hydrogens (tertiary/aromatic N) is 5. The van der Waals surface area contributed by atoms with Gasteiger partial charge in [0.2, 0.25) is 11.8 Å². The van der Waals surface area contributed by atoms with Crippen molar-refractivity contribution in [2.75, 3.05) is 19.6 Å². The smallest absolute Gasteiger partial charge is 0.310 e. The van der Waals surface area contributed by atoms with Gasteiger partial charge in [-0.15, -0.1) is 5.10 Å². The van der Waals surface area contributed by atoms with Crippen molar-refractivity contribution in [1.29, 1.82) is 0 Å². The minimum Gasteiger partial charge on any atom is -0.487 e. The van der Waals surface area contributed by atoms with E-state index in [2.05, 4.69) is 10.3 Å². The quantitative estimate of drug-likeness (QED) is 0.448. The maximum Gasteiger partial charge on any atom is 0.310 e. The number of carboxylic acids is 1. The number of alkyl halides is 2. The molecule has 4 atom stereocenters. The van der Waals surface area contributed by atoms with E-state index in [1.165, 1.54) is 14.0 Å². The molecule has 14 heteroatoms. The van der Waals surface area contributed by atoms with E-state index >= 15 is 0 Å². The largest absolute Gasteiger partial charge is 0.487 e. The summed E-state index contributed by atoms with van der Waals surface area (Å²) >= 11 is 6.68. The van der Waals surface area contributed by atoms with Gasteiger partial charge < -0.3 is 24.7 Å². The molecule has 2 aliphatic carbocycles. The molecule has 2 amide bonds. The molecule has 2 aromatic rings. The zero-order valence-corrected chi connectivity index (χ0v) is 25.4. The van der Waals surface area contributed by atoms with Crippen LogP contribution in [0, 0.1) is 16.7 Å². The molecule has 44 heavy (non-hydrogen) atoms. The van der Waals surface area contributed by atoms with Gasteiger partial charge in [-0.05, 0) is 68.6 Å². The number of carbonyl (C=O) groups is 3. The molecule has 238 valence electrons. The van der Waals surface area contributed by atoms with Crippen LogP contribution in [0.1, 0.15) is 80.4 Å². The lowest BCUT2D eigenvalue weighted by molar-refractivity contribution is -0.166. The fraction of sp³-hybridized carbons (Fsp3) is 0.633. The monoisotopic (exact) mass is 635 g/mol. The Morgan fingerprint density at radius 3 is 2.66 bits per heavy atom. The van der Waals surface area contributed by atoms with Crippen molar-refractivity contribution in [3.63, 3.8) is 0 Å². The summed E-state index contributed by atoms with van der Waals surface area (Å²) in [5.41, 5.74) is -0.625. The Bertz CT molecular complexity index is 1500. The van der Waals surface area contributed by atoms with Gasteiger partial charge in [0.1, 0.15) is 23.7 Å². The minimum atomic E-state index is -2.82. The highest BCUT2D eigenvalue weighted by molar-refractivity contribution is 6.31. The van der Waals surface area contributed by atoms with Crippen molar-refractivity contribution in [3.8, 4) is 5.75 Å². The van der Waals surface area contributed by atoms with Crippen molar-refractivity contribution < 1.29 is 38.1 Å². The lowest BCUT2D eigenvalue weighted by atomic mass is 9.65. The molecule has 0 radical (unpaired) electrons. The molecule has 3 fully saturated rings. The van der Waals surface area contributed by atoms with Crippen LogP contribution in [-0.2, 0) is 34.5 Å². The second kappa shape index (κ2) is 11.2. The number of amides is 2. The van der Waals surface area contributed by atoms with Gasteiger partial charge in [-0.2, -0.15) is 0 Å². The molecule has 1 saturated heterocycles. The molecule has 2 saturated carbocycles. The number of rotatable bonds is 8. The van der Waals surface area contributed by atoms with E-state index in [1.54, 1.807) is 21.9 Å². The summed E-state index contributed by atoms with van der Waals surface area (Å²) in [6.45, 7) is 2.15. The number of aromatic nitrogens is 3. The Balaban J connectivity index is 1.38. The Morgan fingerprint density at radius 2 is 2.00 bits per heavy atom. The molecule has 1 spiro atoms. The van der Waals surface area contributed by atoms with Crippen LogP contribution in [0.2, 0.25) is 5.02 Å². The van der Waals surface area contributed by atoms with Crippen molar-refractivity contribution >= 4 is 29.4 Å². The van der Waals surface area contributed by atoms with Gasteiger partial charge in [-0.25, -0.2) is 13.5 Å². The van der Waals surface area contributed by atoms with Crippen LogP contribution < -0.4 is 4.74 Å².